The average Bonchev–Trinajstić information content (AvgIpc) is 3.10. The Kier molecular flexibility index (Phi) is 5.66. The van der Waals surface area contributed by atoms with Gasteiger partial charge in [-0.25, -0.2) is 4.98 Å². The van der Waals surface area contributed by atoms with Gasteiger partial charge in [-0.05, 0) is 48.9 Å². The zero-order valence-corrected chi connectivity index (χ0v) is 16.7. The summed E-state index contributed by atoms with van der Waals surface area (Å²) >= 11 is 0. The minimum absolute atomic E-state index is 0.400. The van der Waals surface area contributed by atoms with Gasteiger partial charge in [0.2, 0.25) is 0 Å². The van der Waals surface area contributed by atoms with Gasteiger partial charge in [0.05, 0.1) is 24.7 Å². The maximum atomic E-state index is 6.00. The van der Waals surface area contributed by atoms with Crippen LogP contribution >= 0.6 is 0 Å². The third kappa shape index (κ3) is 4.51. The van der Waals surface area contributed by atoms with Crippen LogP contribution < -0.4 is 14.2 Å². The number of benzene rings is 3. The molecule has 0 saturated heterocycles. The molecule has 29 heavy (non-hydrogen) atoms. The van der Waals surface area contributed by atoms with Crippen molar-refractivity contribution in [3.8, 4) is 17.2 Å². The molecule has 0 saturated carbocycles. The SMILES string of the molecule is COc1cccc(OCCn2c(COc3cccc(C)c3)nc3ccccc32)c1. The van der Waals surface area contributed by atoms with E-state index in [2.05, 4.69) is 23.6 Å². The topological polar surface area (TPSA) is 45.5 Å². The molecule has 0 N–H and O–H groups in total. The quantitative estimate of drug-likeness (QED) is 0.426. The van der Waals surface area contributed by atoms with E-state index in [1.54, 1.807) is 7.11 Å². The van der Waals surface area contributed by atoms with Crippen LogP contribution in [0.25, 0.3) is 11.0 Å². The molecule has 5 nitrogen and oxygen atoms in total. The summed E-state index contributed by atoms with van der Waals surface area (Å²) in [6, 6.07) is 23.8. The molecule has 0 radical (unpaired) electrons. The Labute approximate surface area is 170 Å². The number of hydrogen-bond acceptors (Lipinski definition) is 4. The number of imidazole rings is 1. The monoisotopic (exact) mass is 388 g/mol. The van der Waals surface area contributed by atoms with Crippen molar-refractivity contribution in [1.82, 2.24) is 9.55 Å². The third-order valence-electron chi connectivity index (χ3n) is 4.72. The third-order valence-corrected chi connectivity index (χ3v) is 4.72. The Balaban J connectivity index is 1.50. The second-order valence-corrected chi connectivity index (χ2v) is 6.80. The number of rotatable bonds is 8. The van der Waals surface area contributed by atoms with Gasteiger partial charge in [0.25, 0.3) is 0 Å². The number of hydrogen-bond donors (Lipinski definition) is 0. The lowest BCUT2D eigenvalue weighted by atomic mass is 10.2. The van der Waals surface area contributed by atoms with E-state index in [-0.39, 0.29) is 0 Å². The van der Waals surface area contributed by atoms with Crippen molar-refractivity contribution in [2.45, 2.75) is 20.1 Å². The highest BCUT2D eigenvalue weighted by Crippen LogP contribution is 2.21. The molecule has 0 aliphatic rings. The van der Waals surface area contributed by atoms with Crippen molar-refractivity contribution in [2.75, 3.05) is 13.7 Å². The molecule has 148 valence electrons. The number of ether oxygens (including phenoxy) is 3. The first-order chi connectivity index (χ1) is 14.2. The fraction of sp³-hybridized carbons (Fsp3) is 0.208. The lowest BCUT2D eigenvalue weighted by Gasteiger charge is -2.12. The molecule has 3 aromatic carbocycles. The summed E-state index contributed by atoms with van der Waals surface area (Å²) in [6.45, 7) is 3.64. The van der Waals surface area contributed by atoms with Gasteiger partial charge in [0, 0.05) is 6.07 Å². The second-order valence-electron chi connectivity index (χ2n) is 6.80. The summed E-state index contributed by atoms with van der Waals surface area (Å²) in [4.78, 5) is 4.77. The smallest absolute Gasteiger partial charge is 0.148 e. The van der Waals surface area contributed by atoms with Crippen LogP contribution in [-0.2, 0) is 13.2 Å². The fourth-order valence-corrected chi connectivity index (χ4v) is 3.28. The van der Waals surface area contributed by atoms with Crippen molar-refractivity contribution in [3.05, 3.63) is 84.2 Å². The molecule has 0 aliphatic heterocycles. The largest absolute Gasteiger partial charge is 0.497 e. The average molecular weight is 388 g/mol. The molecule has 0 unspecified atom stereocenters. The number of nitrogens with zero attached hydrogens (tertiary/aromatic N) is 2. The van der Waals surface area contributed by atoms with Gasteiger partial charge in [-0.2, -0.15) is 0 Å². The molecule has 0 aliphatic carbocycles. The van der Waals surface area contributed by atoms with E-state index < -0.39 is 0 Å². The van der Waals surface area contributed by atoms with E-state index >= 15 is 0 Å². The minimum Gasteiger partial charge on any atom is -0.497 e. The molecular formula is C24H24N2O3. The predicted octanol–water partition coefficient (Wildman–Crippen LogP) is 5.01. The standard InChI is InChI=1S/C24H24N2O3/c1-18-7-5-9-20(15-18)29-17-24-25-22-11-3-4-12-23(22)26(24)13-14-28-21-10-6-8-19(16-21)27-2/h3-12,15-16H,13-14,17H2,1-2H3. The summed E-state index contributed by atoms with van der Waals surface area (Å²) in [5.74, 6) is 3.28. The van der Waals surface area contributed by atoms with Crippen LogP contribution in [0.2, 0.25) is 0 Å². The number of para-hydroxylation sites is 2. The molecule has 0 fully saturated rings. The van der Waals surface area contributed by atoms with Crippen LogP contribution in [-0.4, -0.2) is 23.3 Å². The minimum atomic E-state index is 0.400. The second kappa shape index (κ2) is 8.69. The Morgan fingerprint density at radius 3 is 2.41 bits per heavy atom. The number of methoxy groups -OCH3 is 1. The molecule has 4 aromatic rings. The van der Waals surface area contributed by atoms with E-state index in [0.29, 0.717) is 19.8 Å². The molecular weight excluding hydrogens is 364 g/mol. The van der Waals surface area contributed by atoms with Crippen LogP contribution in [0.3, 0.4) is 0 Å². The maximum absolute atomic E-state index is 6.00. The summed E-state index contributed by atoms with van der Waals surface area (Å²) in [5, 5.41) is 0. The van der Waals surface area contributed by atoms with Crippen LogP contribution in [0.1, 0.15) is 11.4 Å². The lowest BCUT2D eigenvalue weighted by Crippen LogP contribution is -2.13. The van der Waals surface area contributed by atoms with Crippen LogP contribution in [0, 0.1) is 6.92 Å². The Morgan fingerprint density at radius 1 is 0.828 bits per heavy atom. The summed E-state index contributed by atoms with van der Waals surface area (Å²) in [5.41, 5.74) is 3.20. The first-order valence-electron chi connectivity index (χ1n) is 9.63. The first kappa shape index (κ1) is 18.9. The fourth-order valence-electron chi connectivity index (χ4n) is 3.28. The Morgan fingerprint density at radius 2 is 1.59 bits per heavy atom. The Bertz CT molecular complexity index is 1100. The zero-order valence-electron chi connectivity index (χ0n) is 16.7. The predicted molar refractivity (Wildman–Crippen MR) is 114 cm³/mol. The highest BCUT2D eigenvalue weighted by Gasteiger charge is 2.11. The molecule has 0 spiro atoms. The summed E-state index contributed by atoms with van der Waals surface area (Å²) in [6.07, 6.45) is 0. The highest BCUT2D eigenvalue weighted by atomic mass is 16.5. The van der Waals surface area contributed by atoms with Gasteiger partial charge in [-0.3, -0.25) is 0 Å². The lowest BCUT2D eigenvalue weighted by molar-refractivity contribution is 0.271. The summed E-state index contributed by atoms with van der Waals surface area (Å²) in [7, 11) is 1.65. The first-order valence-corrected chi connectivity index (χ1v) is 9.63. The van der Waals surface area contributed by atoms with E-state index in [0.717, 1.165) is 34.1 Å². The van der Waals surface area contributed by atoms with E-state index in [4.69, 9.17) is 19.2 Å². The molecule has 1 heterocycles. The van der Waals surface area contributed by atoms with Crippen molar-refractivity contribution in [1.29, 1.82) is 0 Å². The molecule has 1 aromatic heterocycles. The Hall–Kier alpha value is -3.47. The highest BCUT2D eigenvalue weighted by molar-refractivity contribution is 5.75. The molecule has 0 atom stereocenters. The zero-order chi connectivity index (χ0) is 20.1. The van der Waals surface area contributed by atoms with Crippen LogP contribution in [0.15, 0.2) is 72.8 Å². The summed E-state index contributed by atoms with van der Waals surface area (Å²) < 4.78 is 19.3. The normalized spacial score (nSPS) is 10.8. The van der Waals surface area contributed by atoms with E-state index in [1.165, 1.54) is 5.56 Å². The van der Waals surface area contributed by atoms with Gasteiger partial charge >= 0.3 is 0 Å². The molecule has 0 amide bonds. The molecule has 0 bridgehead atoms. The molecule has 4 rings (SSSR count). The van der Waals surface area contributed by atoms with Crippen molar-refractivity contribution in [3.63, 3.8) is 0 Å². The van der Waals surface area contributed by atoms with E-state index in [1.807, 2.05) is 60.7 Å². The van der Waals surface area contributed by atoms with Crippen molar-refractivity contribution in [2.24, 2.45) is 0 Å². The van der Waals surface area contributed by atoms with Crippen LogP contribution in [0.5, 0.6) is 17.2 Å². The van der Waals surface area contributed by atoms with Gasteiger partial charge < -0.3 is 18.8 Å². The number of fused-ring (bicyclic) bond motifs is 1. The van der Waals surface area contributed by atoms with Crippen LogP contribution in [0.4, 0.5) is 0 Å². The van der Waals surface area contributed by atoms with Gasteiger partial charge in [0.1, 0.15) is 36.3 Å². The number of aromatic nitrogens is 2. The van der Waals surface area contributed by atoms with Crippen molar-refractivity contribution < 1.29 is 14.2 Å². The van der Waals surface area contributed by atoms with Gasteiger partial charge in [0.15, 0.2) is 0 Å². The maximum Gasteiger partial charge on any atom is 0.148 e. The van der Waals surface area contributed by atoms with Gasteiger partial charge in [-0.15, -0.1) is 0 Å². The van der Waals surface area contributed by atoms with Crippen molar-refractivity contribution >= 4 is 11.0 Å². The van der Waals surface area contributed by atoms with Gasteiger partial charge in [-0.1, -0.05) is 30.3 Å². The number of aryl methyl sites for hydroxylation is 1. The molecule has 5 heteroatoms. The van der Waals surface area contributed by atoms with E-state index in [9.17, 15) is 0 Å².